The monoisotopic (exact) mass is 357 g/mol. The van der Waals surface area contributed by atoms with Gasteiger partial charge in [0.05, 0.1) is 16.1 Å². The van der Waals surface area contributed by atoms with Gasteiger partial charge in [-0.3, -0.25) is 0 Å². The van der Waals surface area contributed by atoms with Crippen LogP contribution in [0, 0.1) is 0 Å². The molecular weight excluding hydrogens is 338 g/mol. The first-order valence-electron chi connectivity index (χ1n) is 7.00. The summed E-state index contributed by atoms with van der Waals surface area (Å²) < 4.78 is 52.1. The maximum atomic E-state index is 12.4. The van der Waals surface area contributed by atoms with Crippen LogP contribution in [-0.4, -0.2) is 38.7 Å². The number of rotatable bonds is 7. The second kappa shape index (κ2) is 6.81. The van der Waals surface area contributed by atoms with E-state index in [9.17, 15) is 16.8 Å². The number of nitrogens with one attached hydrogen (secondary N) is 1. The Bertz CT molecular complexity index is 842. The molecule has 0 fully saturated rings. The van der Waals surface area contributed by atoms with Crippen molar-refractivity contribution in [3.05, 3.63) is 43.0 Å². The van der Waals surface area contributed by atoms with E-state index in [2.05, 4.69) is 9.71 Å². The summed E-state index contributed by atoms with van der Waals surface area (Å²) in [7, 11) is -7.07. The molecule has 9 heteroatoms. The standard InChI is InChI=1S/C14H19N3O4S2/c1-3-12(10-17-9-8-15-11-17)16-23(20,21)14-6-4-13(5-7-14)22(2,18)19/h4-9,11-12,16H,3,10H2,1-2H3/t12-/m0/s1. The van der Waals surface area contributed by atoms with E-state index >= 15 is 0 Å². The van der Waals surface area contributed by atoms with E-state index < -0.39 is 19.9 Å². The van der Waals surface area contributed by atoms with Crippen molar-refractivity contribution in [1.82, 2.24) is 14.3 Å². The fraction of sp³-hybridized carbons (Fsp3) is 0.357. The third kappa shape index (κ3) is 4.63. The van der Waals surface area contributed by atoms with Crippen LogP contribution in [0.3, 0.4) is 0 Å². The minimum Gasteiger partial charge on any atom is -0.336 e. The molecule has 126 valence electrons. The lowest BCUT2D eigenvalue weighted by Gasteiger charge is -2.17. The summed E-state index contributed by atoms with van der Waals surface area (Å²) in [5, 5.41) is 0. The predicted octanol–water partition coefficient (Wildman–Crippen LogP) is 1.04. The van der Waals surface area contributed by atoms with E-state index in [1.165, 1.54) is 24.3 Å². The van der Waals surface area contributed by atoms with Crippen LogP contribution in [-0.2, 0) is 26.4 Å². The van der Waals surface area contributed by atoms with Gasteiger partial charge in [-0.15, -0.1) is 0 Å². The van der Waals surface area contributed by atoms with Crippen LogP contribution in [0.5, 0.6) is 0 Å². The summed E-state index contributed by atoms with van der Waals surface area (Å²) in [5.74, 6) is 0. The number of hydrogen-bond acceptors (Lipinski definition) is 5. The van der Waals surface area contributed by atoms with Crippen LogP contribution < -0.4 is 4.72 Å². The summed E-state index contributed by atoms with van der Waals surface area (Å²) >= 11 is 0. The normalized spacial score (nSPS) is 13.8. The lowest BCUT2D eigenvalue weighted by Crippen LogP contribution is -2.37. The zero-order valence-electron chi connectivity index (χ0n) is 12.9. The van der Waals surface area contributed by atoms with Gasteiger partial charge in [0.1, 0.15) is 0 Å². The molecule has 23 heavy (non-hydrogen) atoms. The fourth-order valence-corrected chi connectivity index (χ4v) is 3.99. The Labute approximate surface area is 136 Å². The Hall–Kier alpha value is -1.71. The third-order valence-corrected chi connectivity index (χ3v) is 6.03. The Balaban J connectivity index is 2.17. The van der Waals surface area contributed by atoms with Crippen LogP contribution in [0.25, 0.3) is 0 Å². The molecule has 1 N–H and O–H groups in total. The van der Waals surface area contributed by atoms with Gasteiger partial charge in [0.15, 0.2) is 9.84 Å². The molecule has 1 atom stereocenters. The number of aromatic nitrogens is 2. The molecule has 2 aromatic rings. The van der Waals surface area contributed by atoms with Gasteiger partial charge in [-0.05, 0) is 30.7 Å². The Morgan fingerprint density at radius 2 is 1.74 bits per heavy atom. The highest BCUT2D eigenvalue weighted by molar-refractivity contribution is 7.90. The quantitative estimate of drug-likeness (QED) is 0.798. The molecule has 0 aliphatic rings. The average molecular weight is 357 g/mol. The molecule has 0 saturated heterocycles. The second-order valence-corrected chi connectivity index (χ2v) is 8.96. The first kappa shape index (κ1) is 17.6. The summed E-state index contributed by atoms with van der Waals surface area (Å²) in [5.41, 5.74) is 0. The molecule has 0 radical (unpaired) electrons. The van der Waals surface area contributed by atoms with Crippen LogP contribution in [0.1, 0.15) is 13.3 Å². The van der Waals surface area contributed by atoms with Crippen molar-refractivity contribution in [2.45, 2.75) is 35.7 Å². The lowest BCUT2D eigenvalue weighted by molar-refractivity contribution is 0.485. The number of imidazole rings is 1. The van der Waals surface area contributed by atoms with Crippen molar-refractivity contribution in [2.24, 2.45) is 0 Å². The number of sulfonamides is 1. The highest BCUT2D eigenvalue weighted by atomic mass is 32.2. The smallest absolute Gasteiger partial charge is 0.240 e. The second-order valence-electron chi connectivity index (χ2n) is 5.23. The molecule has 0 amide bonds. The zero-order valence-corrected chi connectivity index (χ0v) is 14.5. The molecule has 0 bridgehead atoms. The largest absolute Gasteiger partial charge is 0.336 e. The highest BCUT2D eigenvalue weighted by Gasteiger charge is 2.20. The van der Waals surface area contributed by atoms with Crippen molar-refractivity contribution in [1.29, 1.82) is 0 Å². The summed E-state index contributed by atoms with van der Waals surface area (Å²) in [6.45, 7) is 2.36. The van der Waals surface area contributed by atoms with Crippen molar-refractivity contribution >= 4 is 19.9 Å². The molecule has 1 aromatic heterocycles. The van der Waals surface area contributed by atoms with Crippen molar-refractivity contribution < 1.29 is 16.8 Å². The molecule has 0 spiro atoms. The maximum Gasteiger partial charge on any atom is 0.240 e. The third-order valence-electron chi connectivity index (χ3n) is 3.37. The Kier molecular flexibility index (Phi) is 5.23. The first-order chi connectivity index (χ1) is 10.7. The van der Waals surface area contributed by atoms with E-state index in [1.807, 2.05) is 6.92 Å². The molecule has 0 aliphatic carbocycles. The van der Waals surface area contributed by atoms with Gasteiger partial charge in [-0.25, -0.2) is 26.5 Å². The fourth-order valence-electron chi connectivity index (χ4n) is 2.05. The number of nitrogens with zero attached hydrogens (tertiary/aromatic N) is 2. The number of hydrogen-bond donors (Lipinski definition) is 1. The minimum absolute atomic E-state index is 0.0361. The Morgan fingerprint density at radius 1 is 1.13 bits per heavy atom. The number of benzene rings is 1. The number of sulfone groups is 1. The van der Waals surface area contributed by atoms with Gasteiger partial charge in [0.2, 0.25) is 10.0 Å². The lowest BCUT2D eigenvalue weighted by atomic mass is 10.2. The summed E-state index contributed by atoms with van der Waals surface area (Å²) in [6.07, 6.45) is 6.70. The van der Waals surface area contributed by atoms with Crippen molar-refractivity contribution in [3.63, 3.8) is 0 Å². The summed E-state index contributed by atoms with van der Waals surface area (Å²) in [6, 6.07) is 4.89. The van der Waals surface area contributed by atoms with Crippen molar-refractivity contribution in [3.8, 4) is 0 Å². The van der Waals surface area contributed by atoms with Crippen LogP contribution in [0.15, 0.2) is 52.8 Å². The minimum atomic E-state index is -3.72. The van der Waals surface area contributed by atoms with Gasteiger partial charge in [-0.2, -0.15) is 0 Å². The first-order valence-corrected chi connectivity index (χ1v) is 10.4. The molecule has 0 unspecified atom stereocenters. The van der Waals surface area contributed by atoms with Crippen molar-refractivity contribution in [2.75, 3.05) is 6.26 Å². The summed E-state index contributed by atoms with van der Waals surface area (Å²) in [4.78, 5) is 4.05. The van der Waals surface area contributed by atoms with E-state index in [0.29, 0.717) is 13.0 Å². The maximum absolute atomic E-state index is 12.4. The van der Waals surface area contributed by atoms with Crippen LogP contribution >= 0.6 is 0 Å². The SMILES string of the molecule is CC[C@@H](Cn1ccnc1)NS(=O)(=O)c1ccc(S(C)(=O)=O)cc1. The molecule has 0 aliphatic heterocycles. The van der Waals surface area contributed by atoms with Crippen LogP contribution in [0.2, 0.25) is 0 Å². The van der Waals surface area contributed by atoms with Crippen LogP contribution in [0.4, 0.5) is 0 Å². The molecule has 2 rings (SSSR count). The molecule has 1 heterocycles. The van der Waals surface area contributed by atoms with Gasteiger partial charge < -0.3 is 4.57 Å². The zero-order chi connectivity index (χ0) is 17.1. The molecule has 1 aromatic carbocycles. The average Bonchev–Trinajstić information content (AvgIpc) is 2.98. The van der Waals surface area contributed by atoms with Gasteiger partial charge in [0, 0.05) is 31.2 Å². The van der Waals surface area contributed by atoms with Gasteiger partial charge in [0.25, 0.3) is 0 Å². The molecule has 7 nitrogen and oxygen atoms in total. The van der Waals surface area contributed by atoms with E-state index in [1.54, 1.807) is 23.3 Å². The molecule has 0 saturated carbocycles. The van der Waals surface area contributed by atoms with E-state index in [4.69, 9.17) is 0 Å². The van der Waals surface area contributed by atoms with E-state index in [-0.39, 0.29) is 15.8 Å². The van der Waals surface area contributed by atoms with Gasteiger partial charge in [-0.1, -0.05) is 6.92 Å². The topological polar surface area (TPSA) is 98.1 Å². The highest BCUT2D eigenvalue weighted by Crippen LogP contribution is 2.15. The van der Waals surface area contributed by atoms with Gasteiger partial charge >= 0.3 is 0 Å². The van der Waals surface area contributed by atoms with E-state index in [0.717, 1.165) is 6.26 Å². The Morgan fingerprint density at radius 3 is 2.22 bits per heavy atom. The predicted molar refractivity (Wildman–Crippen MR) is 86.2 cm³/mol. The molecular formula is C14H19N3O4S2.